The van der Waals surface area contributed by atoms with Gasteiger partial charge in [-0.1, -0.05) is 20.4 Å². The molecule has 0 aromatic rings. The van der Waals surface area contributed by atoms with Gasteiger partial charge >= 0.3 is 5.97 Å². The molecular weight excluding hydrogens is 218 g/mol. The molecule has 0 aliphatic heterocycles. The van der Waals surface area contributed by atoms with E-state index in [1.807, 2.05) is 0 Å². The van der Waals surface area contributed by atoms with Crippen LogP contribution in [0.25, 0.3) is 0 Å². The lowest BCUT2D eigenvalue weighted by Gasteiger charge is -2.23. The highest BCUT2D eigenvalue weighted by atomic mass is 16.5. The van der Waals surface area contributed by atoms with E-state index in [0.717, 1.165) is 25.9 Å². The van der Waals surface area contributed by atoms with Crippen molar-refractivity contribution < 1.29 is 14.6 Å². The van der Waals surface area contributed by atoms with Gasteiger partial charge < -0.3 is 14.7 Å². The smallest absolute Gasteiger partial charge is 0.333 e. The Hall–Kier alpha value is -0.870. The Bertz CT molecular complexity index is 235. The number of ether oxygens (including phenoxy) is 1. The Morgan fingerprint density at radius 3 is 2.29 bits per heavy atom. The minimum atomic E-state index is -0.628. The van der Waals surface area contributed by atoms with Gasteiger partial charge in [-0.15, -0.1) is 0 Å². The molecule has 0 fully saturated rings. The summed E-state index contributed by atoms with van der Waals surface area (Å²) >= 11 is 0. The number of esters is 1. The summed E-state index contributed by atoms with van der Waals surface area (Å²) in [7, 11) is 0. The largest absolute Gasteiger partial charge is 0.460 e. The molecule has 0 rings (SSSR count). The van der Waals surface area contributed by atoms with E-state index in [4.69, 9.17) is 4.74 Å². The molecule has 0 amide bonds. The lowest BCUT2D eigenvalue weighted by Crippen LogP contribution is -2.36. The molecule has 0 aromatic heterocycles. The van der Waals surface area contributed by atoms with Crippen LogP contribution in [0.1, 0.15) is 33.6 Å². The maximum Gasteiger partial charge on any atom is 0.333 e. The van der Waals surface area contributed by atoms with Crippen LogP contribution >= 0.6 is 0 Å². The molecule has 0 radical (unpaired) electrons. The first-order valence-electron chi connectivity index (χ1n) is 6.24. The third kappa shape index (κ3) is 7.94. The van der Waals surface area contributed by atoms with Crippen LogP contribution in [0.15, 0.2) is 12.2 Å². The van der Waals surface area contributed by atoms with Crippen molar-refractivity contribution in [1.82, 2.24) is 4.90 Å². The molecule has 17 heavy (non-hydrogen) atoms. The minimum Gasteiger partial charge on any atom is -0.460 e. The average molecular weight is 243 g/mol. The van der Waals surface area contributed by atoms with Gasteiger partial charge in [-0.3, -0.25) is 0 Å². The second-order valence-corrected chi connectivity index (χ2v) is 4.33. The van der Waals surface area contributed by atoms with Crippen LogP contribution in [0, 0.1) is 0 Å². The summed E-state index contributed by atoms with van der Waals surface area (Å²) in [6.07, 6.45) is 1.48. The maximum atomic E-state index is 11.1. The fourth-order valence-corrected chi connectivity index (χ4v) is 1.57. The lowest BCUT2D eigenvalue weighted by atomic mass is 10.3. The number of rotatable bonds is 9. The minimum absolute atomic E-state index is 0.0373. The van der Waals surface area contributed by atoms with Crippen molar-refractivity contribution in [2.45, 2.75) is 39.7 Å². The Labute approximate surface area is 104 Å². The molecule has 0 spiro atoms. The van der Waals surface area contributed by atoms with Crippen LogP contribution in [0.3, 0.4) is 0 Å². The first-order valence-corrected chi connectivity index (χ1v) is 6.24. The van der Waals surface area contributed by atoms with Crippen molar-refractivity contribution >= 4 is 5.97 Å². The first kappa shape index (κ1) is 16.1. The molecule has 0 saturated heterocycles. The van der Waals surface area contributed by atoms with Crippen LogP contribution in [-0.2, 0) is 9.53 Å². The zero-order chi connectivity index (χ0) is 13.3. The van der Waals surface area contributed by atoms with E-state index in [9.17, 15) is 9.90 Å². The fourth-order valence-electron chi connectivity index (χ4n) is 1.57. The van der Waals surface area contributed by atoms with Crippen molar-refractivity contribution in [2.75, 3.05) is 26.2 Å². The third-order valence-corrected chi connectivity index (χ3v) is 2.30. The van der Waals surface area contributed by atoms with Gasteiger partial charge in [-0.2, -0.15) is 0 Å². The Balaban J connectivity index is 3.92. The number of hydrogen-bond acceptors (Lipinski definition) is 4. The molecule has 0 heterocycles. The van der Waals surface area contributed by atoms with E-state index in [-0.39, 0.29) is 6.61 Å². The van der Waals surface area contributed by atoms with Gasteiger partial charge in [0, 0.05) is 12.1 Å². The average Bonchev–Trinajstić information content (AvgIpc) is 2.26. The van der Waals surface area contributed by atoms with Crippen LogP contribution in [0.5, 0.6) is 0 Å². The van der Waals surface area contributed by atoms with E-state index < -0.39 is 12.1 Å². The monoisotopic (exact) mass is 243 g/mol. The predicted molar refractivity (Wildman–Crippen MR) is 68.8 cm³/mol. The first-order chi connectivity index (χ1) is 8.01. The molecule has 0 bridgehead atoms. The van der Waals surface area contributed by atoms with E-state index >= 15 is 0 Å². The van der Waals surface area contributed by atoms with E-state index in [1.54, 1.807) is 6.92 Å². The van der Waals surface area contributed by atoms with Crippen LogP contribution < -0.4 is 0 Å². The van der Waals surface area contributed by atoms with Gasteiger partial charge in [-0.25, -0.2) is 4.79 Å². The zero-order valence-corrected chi connectivity index (χ0v) is 11.2. The summed E-state index contributed by atoms with van der Waals surface area (Å²) in [5, 5.41) is 9.75. The molecule has 4 nitrogen and oxygen atoms in total. The van der Waals surface area contributed by atoms with Crippen molar-refractivity contribution in [3.63, 3.8) is 0 Å². The molecule has 100 valence electrons. The molecule has 1 N–H and O–H groups in total. The van der Waals surface area contributed by atoms with Crippen molar-refractivity contribution in [2.24, 2.45) is 0 Å². The second-order valence-electron chi connectivity index (χ2n) is 4.33. The van der Waals surface area contributed by atoms with Crippen molar-refractivity contribution in [1.29, 1.82) is 0 Å². The molecular formula is C13H25NO3. The molecule has 0 saturated carbocycles. The highest BCUT2D eigenvalue weighted by Gasteiger charge is 2.13. The zero-order valence-electron chi connectivity index (χ0n) is 11.2. The van der Waals surface area contributed by atoms with Gasteiger partial charge in [0.1, 0.15) is 12.7 Å². The predicted octanol–water partition coefficient (Wildman–Crippen LogP) is 1.59. The van der Waals surface area contributed by atoms with Crippen LogP contribution in [0.4, 0.5) is 0 Å². The van der Waals surface area contributed by atoms with Gasteiger partial charge in [0.2, 0.25) is 0 Å². The fraction of sp³-hybridized carbons (Fsp3) is 0.769. The molecule has 4 heteroatoms. The molecule has 1 unspecified atom stereocenters. The number of carbonyl (C=O) groups is 1. The SMILES string of the molecule is C=C(C)C(=O)OCC(O)CN(CCC)CCC. The Morgan fingerprint density at radius 2 is 1.88 bits per heavy atom. The van der Waals surface area contributed by atoms with Crippen molar-refractivity contribution in [3.8, 4) is 0 Å². The molecule has 1 atom stereocenters. The van der Waals surface area contributed by atoms with Gasteiger partial charge in [0.25, 0.3) is 0 Å². The molecule has 0 aliphatic carbocycles. The third-order valence-electron chi connectivity index (χ3n) is 2.30. The number of aliphatic hydroxyl groups excluding tert-OH is 1. The molecule has 0 aliphatic rings. The van der Waals surface area contributed by atoms with Crippen LogP contribution in [-0.4, -0.2) is 48.3 Å². The highest BCUT2D eigenvalue weighted by Crippen LogP contribution is 1.99. The number of hydrogen-bond donors (Lipinski definition) is 1. The van der Waals surface area contributed by atoms with E-state index in [2.05, 4.69) is 25.3 Å². The maximum absolute atomic E-state index is 11.1. The summed E-state index contributed by atoms with van der Waals surface area (Å²) in [5.74, 6) is -0.443. The van der Waals surface area contributed by atoms with E-state index in [0.29, 0.717) is 12.1 Å². The number of aliphatic hydroxyl groups is 1. The van der Waals surface area contributed by atoms with Gasteiger partial charge in [-0.05, 0) is 32.9 Å². The topological polar surface area (TPSA) is 49.8 Å². The summed E-state index contributed by atoms with van der Waals surface area (Å²) in [5.41, 5.74) is 0.358. The van der Waals surface area contributed by atoms with Crippen molar-refractivity contribution in [3.05, 3.63) is 12.2 Å². The highest BCUT2D eigenvalue weighted by molar-refractivity contribution is 5.86. The summed E-state index contributed by atoms with van der Waals surface area (Å²) < 4.78 is 4.91. The van der Waals surface area contributed by atoms with Gasteiger partial charge in [0.15, 0.2) is 0 Å². The summed E-state index contributed by atoms with van der Waals surface area (Å²) in [4.78, 5) is 13.3. The number of nitrogens with zero attached hydrogens (tertiary/aromatic N) is 1. The second kappa shape index (κ2) is 9.19. The standard InChI is InChI=1S/C13H25NO3/c1-5-7-14(8-6-2)9-12(15)10-17-13(16)11(3)4/h12,15H,3,5-10H2,1-2,4H3. The summed E-state index contributed by atoms with van der Waals surface area (Å²) in [6, 6.07) is 0. The molecule has 0 aromatic carbocycles. The normalized spacial score (nSPS) is 12.5. The number of carbonyl (C=O) groups excluding carboxylic acids is 1. The summed E-state index contributed by atoms with van der Waals surface area (Å²) in [6.45, 7) is 11.8. The quantitative estimate of drug-likeness (QED) is 0.493. The Morgan fingerprint density at radius 1 is 1.35 bits per heavy atom. The van der Waals surface area contributed by atoms with Gasteiger partial charge in [0.05, 0.1) is 0 Å². The Kier molecular flexibility index (Phi) is 8.72. The van der Waals surface area contributed by atoms with E-state index in [1.165, 1.54) is 0 Å². The lowest BCUT2D eigenvalue weighted by molar-refractivity contribution is -0.142. The van der Waals surface area contributed by atoms with Crippen LogP contribution in [0.2, 0.25) is 0 Å².